The molecule has 0 atom stereocenters. The van der Waals surface area contributed by atoms with E-state index in [1.807, 2.05) is 6.92 Å². The van der Waals surface area contributed by atoms with E-state index in [-0.39, 0.29) is 11.5 Å². The summed E-state index contributed by atoms with van der Waals surface area (Å²) in [6, 6.07) is 7.69. The van der Waals surface area contributed by atoms with Gasteiger partial charge in [0.2, 0.25) is 0 Å². The lowest BCUT2D eigenvalue weighted by Crippen LogP contribution is -2.20. The fourth-order valence-electron chi connectivity index (χ4n) is 1.94. The highest BCUT2D eigenvalue weighted by molar-refractivity contribution is 6.31. The lowest BCUT2D eigenvalue weighted by Gasteiger charge is -2.10. The minimum atomic E-state index is -0.364. The van der Waals surface area contributed by atoms with Gasteiger partial charge in [-0.15, -0.1) is 0 Å². The molecule has 0 bridgehead atoms. The fourth-order valence-corrected chi connectivity index (χ4v) is 2.12. The van der Waals surface area contributed by atoms with Crippen LogP contribution in [0.15, 0.2) is 41.3 Å². The Bertz CT molecular complexity index is 725. The third kappa shape index (κ3) is 3.64. The van der Waals surface area contributed by atoms with Crippen molar-refractivity contribution in [1.29, 1.82) is 0 Å². The molecule has 0 saturated heterocycles. The summed E-state index contributed by atoms with van der Waals surface area (Å²) in [6.07, 6.45) is 2.45. The van der Waals surface area contributed by atoms with Crippen LogP contribution >= 0.6 is 11.6 Å². The highest BCUT2D eigenvalue weighted by atomic mass is 35.5. The minimum absolute atomic E-state index is 0.0999. The Labute approximate surface area is 127 Å². The zero-order valence-corrected chi connectivity index (χ0v) is 12.4. The van der Waals surface area contributed by atoms with Crippen LogP contribution in [0.5, 0.6) is 0 Å². The molecule has 1 amide bonds. The summed E-state index contributed by atoms with van der Waals surface area (Å²) in [5.41, 5.74) is 6.85. The largest absolute Gasteiger partial charge is 0.398 e. The van der Waals surface area contributed by atoms with Crippen LogP contribution in [0.25, 0.3) is 0 Å². The van der Waals surface area contributed by atoms with Gasteiger partial charge in [-0.05, 0) is 30.7 Å². The van der Waals surface area contributed by atoms with Crippen molar-refractivity contribution in [2.24, 2.45) is 0 Å². The van der Waals surface area contributed by atoms with Crippen LogP contribution in [0.3, 0.4) is 0 Å². The molecule has 0 saturated carbocycles. The molecule has 6 heteroatoms. The summed E-state index contributed by atoms with van der Waals surface area (Å²) in [6.45, 7) is 2.58. The molecule has 2 aromatic rings. The molecule has 0 spiro atoms. The van der Waals surface area contributed by atoms with Gasteiger partial charge in [0, 0.05) is 29.5 Å². The first kappa shape index (κ1) is 15.1. The van der Waals surface area contributed by atoms with Gasteiger partial charge in [-0.1, -0.05) is 18.5 Å². The summed E-state index contributed by atoms with van der Waals surface area (Å²) < 4.78 is 1.55. The van der Waals surface area contributed by atoms with Crippen LogP contribution in [0.2, 0.25) is 5.02 Å². The molecule has 0 fully saturated rings. The summed E-state index contributed by atoms with van der Waals surface area (Å²) in [7, 11) is 0. The zero-order chi connectivity index (χ0) is 15.4. The van der Waals surface area contributed by atoms with Gasteiger partial charge < -0.3 is 15.6 Å². The molecule has 0 aliphatic heterocycles. The van der Waals surface area contributed by atoms with Crippen molar-refractivity contribution in [3.63, 3.8) is 0 Å². The van der Waals surface area contributed by atoms with Crippen molar-refractivity contribution in [3.8, 4) is 0 Å². The normalized spacial score (nSPS) is 10.4. The Kier molecular flexibility index (Phi) is 4.65. The van der Waals surface area contributed by atoms with Crippen molar-refractivity contribution >= 4 is 28.9 Å². The Morgan fingerprint density at radius 2 is 2.10 bits per heavy atom. The van der Waals surface area contributed by atoms with E-state index in [1.165, 1.54) is 12.1 Å². The fraction of sp³-hybridized carbons (Fsp3) is 0.200. The SMILES string of the molecule is CCCn1cc(NC(=O)c2cc(Cl)ccc2N)ccc1=O. The van der Waals surface area contributed by atoms with Gasteiger partial charge in [0.25, 0.3) is 11.5 Å². The molecular weight excluding hydrogens is 290 g/mol. The number of nitrogens with one attached hydrogen (secondary N) is 1. The van der Waals surface area contributed by atoms with E-state index < -0.39 is 0 Å². The summed E-state index contributed by atoms with van der Waals surface area (Å²) in [4.78, 5) is 23.8. The standard InChI is InChI=1S/C15H16ClN3O2/c1-2-7-19-9-11(4-6-14(19)20)18-15(21)12-8-10(16)3-5-13(12)17/h3-6,8-9H,2,7,17H2,1H3,(H,18,21). The van der Waals surface area contributed by atoms with Crippen LogP contribution in [0.4, 0.5) is 11.4 Å². The van der Waals surface area contributed by atoms with Crippen molar-refractivity contribution in [2.45, 2.75) is 19.9 Å². The molecule has 1 heterocycles. The Morgan fingerprint density at radius 1 is 1.33 bits per heavy atom. The van der Waals surface area contributed by atoms with Crippen molar-refractivity contribution in [1.82, 2.24) is 4.57 Å². The number of benzene rings is 1. The highest BCUT2D eigenvalue weighted by Gasteiger charge is 2.11. The summed E-state index contributed by atoms with van der Waals surface area (Å²) in [5, 5.41) is 3.15. The van der Waals surface area contributed by atoms with Crippen LogP contribution in [0.1, 0.15) is 23.7 Å². The lowest BCUT2D eigenvalue weighted by atomic mass is 10.1. The van der Waals surface area contributed by atoms with E-state index in [4.69, 9.17) is 17.3 Å². The molecular formula is C15H16ClN3O2. The molecule has 1 aromatic heterocycles. The minimum Gasteiger partial charge on any atom is -0.398 e. The molecule has 2 rings (SSSR count). The van der Waals surface area contributed by atoms with Crippen LogP contribution in [0, 0.1) is 0 Å². The number of aromatic nitrogens is 1. The Balaban J connectivity index is 2.25. The van der Waals surface area contributed by atoms with Gasteiger partial charge in [-0.3, -0.25) is 9.59 Å². The van der Waals surface area contributed by atoms with Crippen molar-refractivity contribution < 1.29 is 4.79 Å². The van der Waals surface area contributed by atoms with E-state index in [0.717, 1.165) is 6.42 Å². The summed E-state index contributed by atoms with van der Waals surface area (Å²) in [5.74, 6) is -0.364. The molecule has 5 nitrogen and oxygen atoms in total. The van der Waals surface area contributed by atoms with Gasteiger partial charge in [0.1, 0.15) is 0 Å². The number of pyridine rings is 1. The van der Waals surface area contributed by atoms with Crippen LogP contribution in [-0.4, -0.2) is 10.5 Å². The number of hydrogen-bond acceptors (Lipinski definition) is 3. The number of nitrogens with zero attached hydrogens (tertiary/aromatic N) is 1. The van der Waals surface area contributed by atoms with Gasteiger partial charge >= 0.3 is 0 Å². The molecule has 0 aliphatic rings. The van der Waals surface area contributed by atoms with Gasteiger partial charge in [0.05, 0.1) is 11.3 Å². The maximum absolute atomic E-state index is 12.2. The zero-order valence-electron chi connectivity index (χ0n) is 11.6. The monoisotopic (exact) mass is 305 g/mol. The Morgan fingerprint density at radius 3 is 2.81 bits per heavy atom. The van der Waals surface area contributed by atoms with E-state index >= 15 is 0 Å². The highest BCUT2D eigenvalue weighted by Crippen LogP contribution is 2.19. The number of nitrogen functional groups attached to an aromatic ring is 1. The third-order valence-electron chi connectivity index (χ3n) is 2.97. The topological polar surface area (TPSA) is 77.1 Å². The van der Waals surface area contributed by atoms with E-state index in [0.29, 0.717) is 28.5 Å². The number of carbonyl (C=O) groups is 1. The second-order valence-corrected chi connectivity index (χ2v) is 5.07. The number of amides is 1. The quantitative estimate of drug-likeness (QED) is 0.853. The lowest BCUT2D eigenvalue weighted by molar-refractivity contribution is 0.102. The molecule has 21 heavy (non-hydrogen) atoms. The smallest absolute Gasteiger partial charge is 0.257 e. The number of carbonyl (C=O) groups excluding carboxylic acids is 1. The summed E-state index contributed by atoms with van der Waals surface area (Å²) >= 11 is 5.87. The molecule has 1 aromatic carbocycles. The van der Waals surface area contributed by atoms with E-state index in [9.17, 15) is 9.59 Å². The first-order valence-corrected chi connectivity index (χ1v) is 6.96. The number of anilines is 2. The van der Waals surface area contributed by atoms with E-state index in [1.54, 1.807) is 29.0 Å². The van der Waals surface area contributed by atoms with E-state index in [2.05, 4.69) is 5.32 Å². The van der Waals surface area contributed by atoms with Crippen LogP contribution < -0.4 is 16.6 Å². The predicted molar refractivity (Wildman–Crippen MR) is 84.8 cm³/mol. The van der Waals surface area contributed by atoms with Gasteiger partial charge in [-0.25, -0.2) is 0 Å². The Hall–Kier alpha value is -2.27. The number of halogens is 1. The van der Waals surface area contributed by atoms with Crippen LogP contribution in [-0.2, 0) is 6.54 Å². The van der Waals surface area contributed by atoms with Gasteiger partial charge in [-0.2, -0.15) is 0 Å². The maximum atomic E-state index is 12.2. The average molecular weight is 306 g/mol. The molecule has 0 unspecified atom stereocenters. The van der Waals surface area contributed by atoms with Gasteiger partial charge in [0.15, 0.2) is 0 Å². The second kappa shape index (κ2) is 6.45. The second-order valence-electron chi connectivity index (χ2n) is 4.64. The number of hydrogen-bond donors (Lipinski definition) is 2. The molecule has 110 valence electrons. The van der Waals surface area contributed by atoms with Crippen molar-refractivity contribution in [3.05, 3.63) is 57.5 Å². The first-order valence-electron chi connectivity index (χ1n) is 6.58. The molecule has 0 aliphatic carbocycles. The number of nitrogens with two attached hydrogens (primary N) is 1. The predicted octanol–water partition coefficient (Wildman–Crippen LogP) is 2.75. The number of rotatable bonds is 4. The maximum Gasteiger partial charge on any atom is 0.257 e. The molecule has 0 radical (unpaired) electrons. The third-order valence-corrected chi connectivity index (χ3v) is 3.20. The van der Waals surface area contributed by atoms with Crippen molar-refractivity contribution in [2.75, 3.05) is 11.1 Å². The average Bonchev–Trinajstić information content (AvgIpc) is 2.45. The first-order chi connectivity index (χ1) is 10.0. The molecule has 3 N–H and O–H groups in total. The number of aryl methyl sites for hydroxylation is 1.